The molecule has 0 radical (unpaired) electrons. The van der Waals surface area contributed by atoms with Gasteiger partial charge in [0.2, 0.25) is 0 Å². The molecule has 0 aliphatic rings. The van der Waals surface area contributed by atoms with Gasteiger partial charge in [-0.25, -0.2) is 0 Å². The molecule has 0 atom stereocenters. The topological polar surface area (TPSA) is 52.0 Å². The number of nitrogens with two attached hydrogens (primary N) is 2. The van der Waals surface area contributed by atoms with Crippen LogP contribution in [0.25, 0.3) is 0 Å². The van der Waals surface area contributed by atoms with Crippen molar-refractivity contribution in [2.24, 2.45) is 11.8 Å². The molecule has 0 fully saturated rings. The number of benzene rings is 2. The second-order valence-electron chi connectivity index (χ2n) is 6.09. The lowest BCUT2D eigenvalue weighted by Gasteiger charge is -1.92. The summed E-state index contributed by atoms with van der Waals surface area (Å²) >= 11 is 0. The molecule has 2 nitrogen and oxygen atoms in total. The monoisotopic (exact) mass is 318 g/mol. The van der Waals surface area contributed by atoms with E-state index in [-0.39, 0.29) is 0 Å². The molecular weight excluding hydrogens is 292 g/mol. The van der Waals surface area contributed by atoms with Gasteiger partial charge >= 0.3 is 0 Å². The molecular formula is C22H26N2. The van der Waals surface area contributed by atoms with Crippen LogP contribution < -0.4 is 11.5 Å². The van der Waals surface area contributed by atoms with Crippen LogP contribution in [0.3, 0.4) is 0 Å². The highest BCUT2D eigenvalue weighted by Gasteiger charge is 1.87. The van der Waals surface area contributed by atoms with Gasteiger partial charge in [-0.1, -0.05) is 51.4 Å². The molecule has 2 aromatic carbocycles. The molecule has 2 rings (SSSR count). The Morgan fingerprint density at radius 3 is 1.12 bits per heavy atom. The van der Waals surface area contributed by atoms with Crippen molar-refractivity contribution in [2.45, 2.75) is 27.7 Å². The Kier molecular flexibility index (Phi) is 8.03. The van der Waals surface area contributed by atoms with Gasteiger partial charge in [-0.3, -0.25) is 0 Å². The van der Waals surface area contributed by atoms with Crippen molar-refractivity contribution in [3.8, 4) is 23.7 Å². The number of hydrogen-bond acceptors (Lipinski definition) is 2. The van der Waals surface area contributed by atoms with E-state index < -0.39 is 0 Å². The molecule has 0 bridgehead atoms. The van der Waals surface area contributed by atoms with Crippen molar-refractivity contribution in [2.75, 3.05) is 11.5 Å². The Bertz CT molecular complexity index is 664. The highest BCUT2D eigenvalue weighted by Crippen LogP contribution is 2.04. The number of hydrogen-bond donors (Lipinski definition) is 2. The van der Waals surface area contributed by atoms with Crippen molar-refractivity contribution in [3.63, 3.8) is 0 Å². The van der Waals surface area contributed by atoms with E-state index in [0.29, 0.717) is 11.8 Å². The van der Waals surface area contributed by atoms with Gasteiger partial charge in [0.25, 0.3) is 0 Å². The minimum absolute atomic E-state index is 0.419. The third-order valence-electron chi connectivity index (χ3n) is 2.83. The normalized spacial score (nSPS) is 9.25. The van der Waals surface area contributed by atoms with E-state index in [9.17, 15) is 0 Å². The lowest BCUT2D eigenvalue weighted by Crippen LogP contribution is -1.84. The number of anilines is 2. The molecule has 0 amide bonds. The van der Waals surface area contributed by atoms with Gasteiger partial charge < -0.3 is 11.5 Å². The Morgan fingerprint density at radius 1 is 0.583 bits per heavy atom. The zero-order valence-corrected chi connectivity index (χ0v) is 14.9. The predicted octanol–water partition coefficient (Wildman–Crippen LogP) is 4.55. The van der Waals surface area contributed by atoms with E-state index in [1.807, 2.05) is 48.5 Å². The predicted molar refractivity (Wildman–Crippen MR) is 105 cm³/mol. The third kappa shape index (κ3) is 8.57. The van der Waals surface area contributed by atoms with Gasteiger partial charge in [0, 0.05) is 34.3 Å². The summed E-state index contributed by atoms with van der Waals surface area (Å²) in [6.07, 6.45) is 0. The molecule has 0 heterocycles. The number of rotatable bonds is 0. The molecule has 0 aromatic heterocycles. The first-order chi connectivity index (χ1) is 11.4. The van der Waals surface area contributed by atoms with Crippen molar-refractivity contribution < 1.29 is 0 Å². The summed E-state index contributed by atoms with van der Waals surface area (Å²) in [6.45, 7) is 8.29. The zero-order chi connectivity index (χ0) is 17.9. The Hall–Kier alpha value is -2.84. The van der Waals surface area contributed by atoms with Crippen molar-refractivity contribution >= 4 is 11.4 Å². The molecule has 4 N–H and O–H groups in total. The largest absolute Gasteiger partial charge is 0.399 e. The van der Waals surface area contributed by atoms with Gasteiger partial charge in [0.15, 0.2) is 0 Å². The summed E-state index contributed by atoms with van der Waals surface area (Å²) in [5.41, 5.74) is 14.7. The Labute approximate surface area is 146 Å². The Balaban J connectivity index is 0.000000240. The van der Waals surface area contributed by atoms with E-state index in [1.54, 1.807) is 0 Å². The van der Waals surface area contributed by atoms with Crippen LogP contribution in [0.2, 0.25) is 0 Å². The molecule has 24 heavy (non-hydrogen) atoms. The molecule has 2 heteroatoms. The lowest BCUT2D eigenvalue weighted by molar-refractivity contribution is 0.866. The van der Waals surface area contributed by atoms with Crippen LogP contribution in [0, 0.1) is 35.5 Å². The minimum atomic E-state index is 0.419. The first-order valence-electron chi connectivity index (χ1n) is 8.11. The van der Waals surface area contributed by atoms with Crippen LogP contribution in [0.5, 0.6) is 0 Å². The quantitative estimate of drug-likeness (QED) is 0.553. The van der Waals surface area contributed by atoms with Crippen LogP contribution in [-0.2, 0) is 0 Å². The van der Waals surface area contributed by atoms with Gasteiger partial charge in [-0.05, 0) is 48.5 Å². The summed E-state index contributed by atoms with van der Waals surface area (Å²) in [5.74, 6) is 13.2. The van der Waals surface area contributed by atoms with Gasteiger partial charge in [-0.15, -0.1) is 0 Å². The van der Waals surface area contributed by atoms with E-state index >= 15 is 0 Å². The first-order valence-corrected chi connectivity index (χ1v) is 8.11. The van der Waals surface area contributed by atoms with Crippen molar-refractivity contribution in [1.82, 2.24) is 0 Å². The molecule has 0 unspecified atom stereocenters. The zero-order valence-electron chi connectivity index (χ0n) is 14.9. The molecule has 0 saturated carbocycles. The molecule has 0 aliphatic heterocycles. The lowest BCUT2D eigenvalue weighted by atomic mass is 10.1. The maximum absolute atomic E-state index is 5.53. The summed E-state index contributed by atoms with van der Waals surface area (Å²) in [7, 11) is 0. The fraction of sp³-hybridized carbons (Fsp3) is 0.273. The highest BCUT2D eigenvalue weighted by atomic mass is 14.5. The van der Waals surface area contributed by atoms with Crippen molar-refractivity contribution in [3.05, 3.63) is 59.7 Å². The summed E-state index contributed by atoms with van der Waals surface area (Å²) < 4.78 is 0. The smallest absolute Gasteiger partial charge is 0.0314 e. The fourth-order valence-corrected chi connectivity index (χ4v) is 1.59. The van der Waals surface area contributed by atoms with Crippen LogP contribution in [0.4, 0.5) is 11.4 Å². The van der Waals surface area contributed by atoms with Crippen LogP contribution >= 0.6 is 0 Å². The maximum atomic E-state index is 5.53. The minimum Gasteiger partial charge on any atom is -0.399 e. The maximum Gasteiger partial charge on any atom is 0.0314 e. The summed E-state index contributed by atoms with van der Waals surface area (Å²) in [6, 6.07) is 15.2. The SMILES string of the molecule is CC(C)C#Cc1ccc(N)cc1.CC(C)C#Cc1ccc(N)cc1. The highest BCUT2D eigenvalue weighted by molar-refractivity contribution is 5.45. The summed E-state index contributed by atoms with van der Waals surface area (Å²) in [4.78, 5) is 0. The molecule has 0 saturated heterocycles. The van der Waals surface area contributed by atoms with Gasteiger partial charge in [0.1, 0.15) is 0 Å². The van der Waals surface area contributed by atoms with Gasteiger partial charge in [-0.2, -0.15) is 0 Å². The second kappa shape index (κ2) is 10.0. The van der Waals surface area contributed by atoms with Crippen molar-refractivity contribution in [1.29, 1.82) is 0 Å². The average molecular weight is 318 g/mol. The summed E-state index contributed by atoms with van der Waals surface area (Å²) in [5, 5.41) is 0. The van der Waals surface area contributed by atoms with E-state index in [0.717, 1.165) is 22.5 Å². The fourth-order valence-electron chi connectivity index (χ4n) is 1.59. The van der Waals surface area contributed by atoms with E-state index in [1.165, 1.54) is 0 Å². The number of nitrogen functional groups attached to an aromatic ring is 2. The van der Waals surface area contributed by atoms with Crippen LogP contribution in [0.1, 0.15) is 38.8 Å². The standard InChI is InChI=1S/2C11H13N/c2*1-9(2)3-4-10-5-7-11(12)8-6-10/h2*5-9H,12H2,1-2H3. The van der Waals surface area contributed by atoms with E-state index in [4.69, 9.17) is 11.5 Å². The average Bonchev–Trinajstić information content (AvgIpc) is 2.54. The van der Waals surface area contributed by atoms with Gasteiger partial charge in [0.05, 0.1) is 0 Å². The van der Waals surface area contributed by atoms with Crippen LogP contribution in [0.15, 0.2) is 48.5 Å². The molecule has 0 spiro atoms. The third-order valence-corrected chi connectivity index (χ3v) is 2.83. The molecule has 124 valence electrons. The molecule has 2 aromatic rings. The second-order valence-corrected chi connectivity index (χ2v) is 6.09. The van der Waals surface area contributed by atoms with Crippen LogP contribution in [-0.4, -0.2) is 0 Å². The molecule has 0 aliphatic carbocycles. The van der Waals surface area contributed by atoms with E-state index in [2.05, 4.69) is 51.4 Å². The Morgan fingerprint density at radius 2 is 0.875 bits per heavy atom. The first kappa shape index (κ1) is 19.2.